The van der Waals surface area contributed by atoms with Crippen LogP contribution in [0, 0.1) is 11.8 Å². The van der Waals surface area contributed by atoms with Crippen LogP contribution in [0.25, 0.3) is 0 Å². The Labute approximate surface area is 216 Å². The number of amides is 3. The lowest BCUT2D eigenvalue weighted by molar-refractivity contribution is -0.142. The van der Waals surface area contributed by atoms with Gasteiger partial charge >= 0.3 is 12.1 Å². The molecule has 1 heterocycles. The summed E-state index contributed by atoms with van der Waals surface area (Å²) < 4.78 is 5.26. The van der Waals surface area contributed by atoms with Gasteiger partial charge < -0.3 is 30.8 Å². The summed E-state index contributed by atoms with van der Waals surface area (Å²) in [5, 5.41) is 17.3. The minimum Gasteiger partial charge on any atom is -0.480 e. The van der Waals surface area contributed by atoms with Crippen LogP contribution in [0.4, 0.5) is 4.79 Å². The lowest BCUT2D eigenvalue weighted by atomic mass is 10.00. The first-order valence-electron chi connectivity index (χ1n) is 12.3. The topological polar surface area (TPSA) is 163 Å². The average Bonchev–Trinajstić information content (AvgIpc) is 3.34. The van der Waals surface area contributed by atoms with Crippen molar-refractivity contribution in [3.8, 4) is 0 Å². The largest absolute Gasteiger partial charge is 0.480 e. The number of hydrogen-bond acceptors (Lipinski definition) is 6. The van der Waals surface area contributed by atoms with Crippen molar-refractivity contribution in [1.82, 2.24) is 25.9 Å². The van der Waals surface area contributed by atoms with E-state index in [2.05, 4.69) is 25.9 Å². The molecule has 2 rings (SSSR count). The molecule has 0 spiro atoms. The van der Waals surface area contributed by atoms with Crippen molar-refractivity contribution in [3.63, 3.8) is 0 Å². The minimum absolute atomic E-state index is 0.0237. The number of rotatable bonds is 14. The smallest absolute Gasteiger partial charge is 0.408 e. The molecule has 0 fully saturated rings. The van der Waals surface area contributed by atoms with Gasteiger partial charge in [-0.25, -0.2) is 14.6 Å². The molecule has 1 aromatic carbocycles. The molecule has 0 aliphatic carbocycles. The summed E-state index contributed by atoms with van der Waals surface area (Å²) in [7, 11) is 0. The van der Waals surface area contributed by atoms with E-state index in [4.69, 9.17) is 4.74 Å². The van der Waals surface area contributed by atoms with Gasteiger partial charge in [0, 0.05) is 18.3 Å². The second kappa shape index (κ2) is 14.6. The zero-order chi connectivity index (χ0) is 27.4. The van der Waals surface area contributed by atoms with Gasteiger partial charge in [0.25, 0.3) is 0 Å². The van der Waals surface area contributed by atoms with Crippen LogP contribution in [0.3, 0.4) is 0 Å². The Morgan fingerprint density at radius 1 is 0.892 bits per heavy atom. The molecule has 3 atom stereocenters. The number of hydrogen-bond donors (Lipinski definition) is 5. The Balaban J connectivity index is 2.12. The van der Waals surface area contributed by atoms with E-state index in [0.717, 1.165) is 5.56 Å². The molecule has 0 saturated carbocycles. The van der Waals surface area contributed by atoms with Gasteiger partial charge in [-0.2, -0.15) is 0 Å². The first-order chi connectivity index (χ1) is 17.5. The summed E-state index contributed by atoms with van der Waals surface area (Å²) in [6.45, 7) is 7.51. The second-order valence-corrected chi connectivity index (χ2v) is 9.76. The summed E-state index contributed by atoms with van der Waals surface area (Å²) in [6, 6.07) is 5.96. The maximum Gasteiger partial charge on any atom is 0.408 e. The second-order valence-electron chi connectivity index (χ2n) is 9.76. The standard InChI is InChI=1S/C26H37N5O6/c1-16(2)10-20(23(32)30-22(25(34)35)11-17(3)4)29-24(33)21(12-19-13-27-15-28-19)31-26(36)37-14-18-8-6-5-7-9-18/h5-9,13,15-17,20-22H,10-12,14H2,1-4H3,(H,27,28)(H,29,33)(H,30,32)(H,31,36)(H,34,35)/t20-,21-,22-/m0/s1. The van der Waals surface area contributed by atoms with Crippen molar-refractivity contribution in [1.29, 1.82) is 0 Å². The van der Waals surface area contributed by atoms with E-state index in [-0.39, 0.29) is 37.7 Å². The van der Waals surface area contributed by atoms with Crippen LogP contribution in [0.15, 0.2) is 42.9 Å². The number of aromatic amines is 1. The van der Waals surface area contributed by atoms with Crippen LogP contribution in [0.2, 0.25) is 0 Å². The normalized spacial score (nSPS) is 13.5. The molecule has 0 aliphatic rings. The lowest BCUT2D eigenvalue weighted by Gasteiger charge is -2.25. The third-order valence-electron chi connectivity index (χ3n) is 5.46. The number of ether oxygens (including phenoxy) is 1. The number of imidazole rings is 1. The molecule has 1 aromatic heterocycles. The summed E-state index contributed by atoms with van der Waals surface area (Å²) >= 11 is 0. The van der Waals surface area contributed by atoms with Crippen LogP contribution < -0.4 is 16.0 Å². The van der Waals surface area contributed by atoms with Crippen LogP contribution in [-0.2, 0) is 32.1 Å². The number of carboxylic acids is 1. The van der Waals surface area contributed by atoms with Crippen molar-refractivity contribution in [3.05, 3.63) is 54.1 Å². The van der Waals surface area contributed by atoms with Crippen molar-refractivity contribution in [2.75, 3.05) is 0 Å². The number of nitrogens with one attached hydrogen (secondary N) is 4. The van der Waals surface area contributed by atoms with E-state index >= 15 is 0 Å². The van der Waals surface area contributed by atoms with Gasteiger partial charge in [0.1, 0.15) is 24.7 Å². The third kappa shape index (κ3) is 10.7. The van der Waals surface area contributed by atoms with Gasteiger partial charge in [0.05, 0.1) is 6.33 Å². The number of alkyl carbamates (subject to hydrolysis) is 1. The van der Waals surface area contributed by atoms with Gasteiger partial charge in [-0.1, -0.05) is 58.0 Å². The highest BCUT2D eigenvalue weighted by atomic mass is 16.5. The molecule has 0 saturated heterocycles. The van der Waals surface area contributed by atoms with E-state index in [9.17, 15) is 24.3 Å². The zero-order valence-corrected chi connectivity index (χ0v) is 21.7. The molecule has 5 N–H and O–H groups in total. The molecule has 11 heteroatoms. The number of carbonyl (C=O) groups excluding carboxylic acids is 3. The number of H-pyrrole nitrogens is 1. The average molecular weight is 516 g/mol. The maximum atomic E-state index is 13.3. The first-order valence-corrected chi connectivity index (χ1v) is 12.3. The molecule has 202 valence electrons. The summed E-state index contributed by atoms with van der Waals surface area (Å²) in [5.74, 6) is -2.27. The van der Waals surface area contributed by atoms with Crippen molar-refractivity contribution in [2.45, 2.75) is 71.7 Å². The van der Waals surface area contributed by atoms with E-state index in [0.29, 0.717) is 5.69 Å². The molecule has 11 nitrogen and oxygen atoms in total. The van der Waals surface area contributed by atoms with Gasteiger partial charge in [0.2, 0.25) is 11.8 Å². The van der Waals surface area contributed by atoms with Gasteiger partial charge in [-0.3, -0.25) is 9.59 Å². The highest BCUT2D eigenvalue weighted by Gasteiger charge is 2.31. The molecule has 0 unspecified atom stereocenters. The highest BCUT2D eigenvalue weighted by Crippen LogP contribution is 2.10. The maximum absolute atomic E-state index is 13.3. The predicted octanol–water partition coefficient (Wildman–Crippen LogP) is 2.39. The lowest BCUT2D eigenvalue weighted by Crippen LogP contribution is -2.56. The fourth-order valence-electron chi connectivity index (χ4n) is 3.67. The monoisotopic (exact) mass is 515 g/mol. The van der Waals surface area contributed by atoms with Crippen molar-refractivity contribution < 1.29 is 29.0 Å². The molecule has 37 heavy (non-hydrogen) atoms. The third-order valence-corrected chi connectivity index (χ3v) is 5.46. The quantitative estimate of drug-likeness (QED) is 0.258. The van der Waals surface area contributed by atoms with E-state index < -0.39 is 42.0 Å². The number of nitrogens with zero attached hydrogens (tertiary/aromatic N) is 1. The highest BCUT2D eigenvalue weighted by molar-refractivity contribution is 5.93. The van der Waals surface area contributed by atoms with E-state index in [1.165, 1.54) is 12.5 Å². The number of aliphatic carboxylic acids is 1. The van der Waals surface area contributed by atoms with Crippen LogP contribution in [0.5, 0.6) is 0 Å². The predicted molar refractivity (Wildman–Crippen MR) is 136 cm³/mol. The minimum atomic E-state index is -1.14. The van der Waals surface area contributed by atoms with Gasteiger partial charge in [0.15, 0.2) is 0 Å². The van der Waals surface area contributed by atoms with Crippen molar-refractivity contribution in [2.24, 2.45) is 11.8 Å². The summed E-state index contributed by atoms with van der Waals surface area (Å²) in [4.78, 5) is 57.2. The van der Waals surface area contributed by atoms with Crippen LogP contribution in [-0.4, -0.2) is 57.1 Å². The Kier molecular flexibility index (Phi) is 11.6. The van der Waals surface area contributed by atoms with E-state index in [1.54, 1.807) is 12.1 Å². The molecule has 3 amide bonds. The molecule has 0 bridgehead atoms. The Hall–Kier alpha value is -3.89. The Morgan fingerprint density at radius 3 is 2.05 bits per heavy atom. The molecule has 0 aliphatic heterocycles. The molecular weight excluding hydrogens is 478 g/mol. The van der Waals surface area contributed by atoms with Gasteiger partial charge in [-0.15, -0.1) is 0 Å². The van der Waals surface area contributed by atoms with Crippen LogP contribution >= 0.6 is 0 Å². The molecule has 0 radical (unpaired) electrons. The summed E-state index contributed by atoms with van der Waals surface area (Å²) in [5.41, 5.74) is 1.38. The summed E-state index contributed by atoms with van der Waals surface area (Å²) in [6.07, 6.45) is 2.79. The SMILES string of the molecule is CC(C)C[C@H](NC(=O)[C@H](CC(C)C)NC(=O)[C@H](Cc1cnc[nH]1)NC(=O)OCc1ccccc1)C(=O)O. The fraction of sp³-hybridized carbons (Fsp3) is 0.500. The number of carbonyl (C=O) groups is 4. The number of benzene rings is 1. The molecule has 2 aromatic rings. The first kappa shape index (κ1) is 29.3. The zero-order valence-electron chi connectivity index (χ0n) is 21.7. The Bertz CT molecular complexity index is 1010. The number of carboxylic acid groups (broad SMARTS) is 1. The van der Waals surface area contributed by atoms with Crippen LogP contribution in [0.1, 0.15) is 51.8 Å². The Morgan fingerprint density at radius 2 is 1.49 bits per heavy atom. The fourth-order valence-corrected chi connectivity index (χ4v) is 3.67. The van der Waals surface area contributed by atoms with Crippen molar-refractivity contribution >= 4 is 23.9 Å². The number of aromatic nitrogens is 2. The van der Waals surface area contributed by atoms with Gasteiger partial charge in [-0.05, 0) is 30.2 Å². The van der Waals surface area contributed by atoms with E-state index in [1.807, 2.05) is 45.9 Å². The molecular formula is C26H37N5O6.